The topological polar surface area (TPSA) is 9.23 Å². The summed E-state index contributed by atoms with van der Waals surface area (Å²) in [5, 5.41) is 0. The van der Waals surface area contributed by atoms with Crippen LogP contribution in [0.1, 0.15) is 16.7 Å². The van der Waals surface area contributed by atoms with Gasteiger partial charge in [0.15, 0.2) is 0 Å². The Morgan fingerprint density at radius 2 is 1.79 bits per heavy atom. The molecule has 94 valence electrons. The highest BCUT2D eigenvalue weighted by Gasteiger charge is 2.07. The van der Waals surface area contributed by atoms with Crippen molar-refractivity contribution >= 4 is 6.08 Å². The predicted octanol–water partition coefficient (Wildman–Crippen LogP) is 4.39. The van der Waals surface area contributed by atoms with E-state index >= 15 is 0 Å². The van der Waals surface area contributed by atoms with Gasteiger partial charge in [-0.2, -0.15) is 0 Å². The quantitative estimate of drug-likeness (QED) is 0.782. The van der Waals surface area contributed by atoms with Crippen LogP contribution in [-0.2, 0) is 13.0 Å². The van der Waals surface area contributed by atoms with Crippen LogP contribution >= 0.6 is 0 Å². The number of benzene rings is 2. The molecule has 2 aromatic carbocycles. The molecule has 0 unspecified atom stereocenters. The van der Waals surface area contributed by atoms with E-state index in [1.54, 1.807) is 0 Å². The van der Waals surface area contributed by atoms with Crippen molar-refractivity contribution in [3.63, 3.8) is 0 Å². The summed E-state index contributed by atoms with van der Waals surface area (Å²) in [6.45, 7) is 0.610. The van der Waals surface area contributed by atoms with E-state index in [1.165, 1.54) is 16.7 Å². The fourth-order valence-electron chi connectivity index (χ4n) is 2.24. The smallest absolute Gasteiger partial charge is 0.127 e. The van der Waals surface area contributed by atoms with Gasteiger partial charge >= 0.3 is 0 Å². The van der Waals surface area contributed by atoms with Crippen molar-refractivity contribution in [2.45, 2.75) is 13.0 Å². The molecule has 0 saturated heterocycles. The summed E-state index contributed by atoms with van der Waals surface area (Å²) in [7, 11) is 0. The van der Waals surface area contributed by atoms with Gasteiger partial charge in [-0.3, -0.25) is 0 Å². The van der Waals surface area contributed by atoms with Crippen LogP contribution in [0, 0.1) is 0 Å². The van der Waals surface area contributed by atoms with E-state index in [9.17, 15) is 0 Å². The SMILES string of the molecule is C1=CCc2cccc(OCc3ccccc3)c2C=C1. The molecule has 1 aliphatic carbocycles. The third-order valence-electron chi connectivity index (χ3n) is 3.24. The highest BCUT2D eigenvalue weighted by molar-refractivity contribution is 5.63. The molecule has 0 atom stereocenters. The van der Waals surface area contributed by atoms with Crippen LogP contribution in [0.3, 0.4) is 0 Å². The number of ether oxygens (including phenoxy) is 1. The number of allylic oxidation sites excluding steroid dienone is 3. The van der Waals surface area contributed by atoms with Crippen molar-refractivity contribution in [1.29, 1.82) is 0 Å². The molecule has 0 aromatic heterocycles. The first-order valence-electron chi connectivity index (χ1n) is 6.55. The van der Waals surface area contributed by atoms with Crippen molar-refractivity contribution in [2.24, 2.45) is 0 Å². The Balaban J connectivity index is 1.82. The van der Waals surface area contributed by atoms with Gasteiger partial charge in [0.1, 0.15) is 12.4 Å². The van der Waals surface area contributed by atoms with Crippen LogP contribution in [0.5, 0.6) is 5.75 Å². The summed E-state index contributed by atoms with van der Waals surface area (Å²) in [6, 6.07) is 16.5. The first-order chi connectivity index (χ1) is 9.43. The third-order valence-corrected chi connectivity index (χ3v) is 3.24. The van der Waals surface area contributed by atoms with Gasteiger partial charge in [0.2, 0.25) is 0 Å². The lowest BCUT2D eigenvalue weighted by molar-refractivity contribution is 0.305. The van der Waals surface area contributed by atoms with E-state index in [0.717, 1.165) is 12.2 Å². The Morgan fingerprint density at radius 3 is 2.68 bits per heavy atom. The zero-order valence-corrected chi connectivity index (χ0v) is 10.8. The summed E-state index contributed by atoms with van der Waals surface area (Å²) in [4.78, 5) is 0. The molecule has 0 saturated carbocycles. The minimum atomic E-state index is 0.610. The van der Waals surface area contributed by atoms with E-state index < -0.39 is 0 Å². The second-order valence-electron chi connectivity index (χ2n) is 4.59. The molecule has 0 fully saturated rings. The van der Waals surface area contributed by atoms with Crippen LogP contribution < -0.4 is 4.74 Å². The first kappa shape index (κ1) is 11.8. The normalized spacial score (nSPS) is 12.8. The molecule has 0 N–H and O–H groups in total. The summed E-state index contributed by atoms with van der Waals surface area (Å²) in [6.07, 6.45) is 9.41. The van der Waals surface area contributed by atoms with E-state index in [0.29, 0.717) is 6.61 Å². The molecule has 0 bridgehead atoms. The van der Waals surface area contributed by atoms with E-state index in [-0.39, 0.29) is 0 Å². The van der Waals surface area contributed by atoms with Gasteiger partial charge in [0.25, 0.3) is 0 Å². The van der Waals surface area contributed by atoms with Crippen molar-refractivity contribution in [1.82, 2.24) is 0 Å². The average Bonchev–Trinajstić information content (AvgIpc) is 2.72. The molecule has 0 amide bonds. The molecule has 0 heterocycles. The molecule has 3 rings (SSSR count). The van der Waals surface area contributed by atoms with Gasteiger partial charge in [-0.05, 0) is 23.6 Å². The minimum absolute atomic E-state index is 0.610. The van der Waals surface area contributed by atoms with Gasteiger partial charge in [0.05, 0.1) is 0 Å². The average molecular weight is 248 g/mol. The predicted molar refractivity (Wildman–Crippen MR) is 79.1 cm³/mol. The van der Waals surface area contributed by atoms with Crippen LogP contribution in [-0.4, -0.2) is 0 Å². The van der Waals surface area contributed by atoms with Gasteiger partial charge in [-0.25, -0.2) is 0 Å². The highest BCUT2D eigenvalue weighted by atomic mass is 16.5. The monoisotopic (exact) mass is 248 g/mol. The maximum atomic E-state index is 5.97. The summed E-state index contributed by atoms with van der Waals surface area (Å²) < 4.78 is 5.97. The van der Waals surface area contributed by atoms with E-state index in [2.05, 4.69) is 48.6 Å². The number of fused-ring (bicyclic) bond motifs is 1. The maximum absolute atomic E-state index is 5.97. The van der Waals surface area contributed by atoms with Crippen molar-refractivity contribution in [3.8, 4) is 5.75 Å². The number of hydrogen-bond donors (Lipinski definition) is 0. The zero-order valence-electron chi connectivity index (χ0n) is 10.8. The van der Waals surface area contributed by atoms with Gasteiger partial charge in [-0.1, -0.05) is 66.8 Å². The fraction of sp³-hybridized carbons (Fsp3) is 0.111. The lowest BCUT2D eigenvalue weighted by Gasteiger charge is -2.12. The molecule has 0 radical (unpaired) electrons. The Labute approximate surface area is 113 Å². The van der Waals surface area contributed by atoms with Crippen LogP contribution in [0.4, 0.5) is 0 Å². The first-order valence-corrected chi connectivity index (χ1v) is 6.55. The third kappa shape index (κ3) is 2.76. The number of rotatable bonds is 3. The second-order valence-corrected chi connectivity index (χ2v) is 4.59. The maximum Gasteiger partial charge on any atom is 0.127 e. The van der Waals surface area contributed by atoms with E-state index in [1.807, 2.05) is 24.3 Å². The van der Waals surface area contributed by atoms with Crippen molar-refractivity contribution in [3.05, 3.63) is 83.4 Å². The molecule has 0 spiro atoms. The second kappa shape index (κ2) is 5.57. The van der Waals surface area contributed by atoms with E-state index in [4.69, 9.17) is 4.74 Å². The lowest BCUT2D eigenvalue weighted by Crippen LogP contribution is -1.98. The van der Waals surface area contributed by atoms with Crippen LogP contribution in [0.15, 0.2) is 66.8 Å². The Bertz CT molecular complexity index is 609. The summed E-state index contributed by atoms with van der Waals surface area (Å²) >= 11 is 0. The molecule has 0 aliphatic heterocycles. The van der Waals surface area contributed by atoms with Crippen LogP contribution in [0.2, 0.25) is 0 Å². The molecule has 1 nitrogen and oxygen atoms in total. The molecular formula is C18H16O. The standard InChI is InChI=1S/C18H16O/c1-3-8-15(9-4-1)14-19-18-13-7-11-16-10-5-2-6-12-17(16)18/h1-9,11-13H,10,14H2. The van der Waals surface area contributed by atoms with Crippen molar-refractivity contribution < 1.29 is 4.74 Å². The Morgan fingerprint density at radius 1 is 0.895 bits per heavy atom. The number of hydrogen-bond acceptors (Lipinski definition) is 1. The van der Waals surface area contributed by atoms with Gasteiger partial charge in [-0.15, -0.1) is 0 Å². The fourth-order valence-corrected chi connectivity index (χ4v) is 2.24. The largest absolute Gasteiger partial charge is 0.488 e. The lowest BCUT2D eigenvalue weighted by atomic mass is 10.0. The molecule has 19 heavy (non-hydrogen) atoms. The summed E-state index contributed by atoms with van der Waals surface area (Å²) in [5.41, 5.74) is 3.70. The van der Waals surface area contributed by atoms with Gasteiger partial charge in [0, 0.05) is 5.56 Å². The Kier molecular flexibility index (Phi) is 3.46. The Hall–Kier alpha value is -2.28. The van der Waals surface area contributed by atoms with Crippen LogP contribution in [0.25, 0.3) is 6.08 Å². The molecular weight excluding hydrogens is 232 g/mol. The molecule has 1 aliphatic rings. The molecule has 2 aromatic rings. The zero-order chi connectivity index (χ0) is 12.9. The minimum Gasteiger partial charge on any atom is -0.488 e. The van der Waals surface area contributed by atoms with Crippen molar-refractivity contribution in [2.75, 3.05) is 0 Å². The molecule has 1 heteroatoms. The highest BCUT2D eigenvalue weighted by Crippen LogP contribution is 2.27. The summed E-state index contributed by atoms with van der Waals surface area (Å²) in [5.74, 6) is 0.960. The van der Waals surface area contributed by atoms with Gasteiger partial charge < -0.3 is 4.74 Å².